The molecule has 0 bridgehead atoms. The standard InChI is InChI=1S/C17H15FO3/c1-11-9-13(5-6-14(11)18)15(19)7-3-12-4-8-16(20)17(10-12)21-2/h3-10,20H,1-2H3/b7-3+. The summed E-state index contributed by atoms with van der Waals surface area (Å²) in [6, 6.07) is 9.02. The Kier molecular flexibility index (Phi) is 4.38. The number of phenolic OH excluding ortho intramolecular Hbond substituents is 1. The second kappa shape index (κ2) is 6.22. The van der Waals surface area contributed by atoms with Gasteiger partial charge in [0.2, 0.25) is 0 Å². The zero-order valence-electron chi connectivity index (χ0n) is 11.8. The van der Waals surface area contributed by atoms with Gasteiger partial charge in [0.25, 0.3) is 0 Å². The molecule has 0 atom stereocenters. The third kappa shape index (κ3) is 3.48. The maximum Gasteiger partial charge on any atom is 0.185 e. The van der Waals surface area contributed by atoms with Gasteiger partial charge < -0.3 is 9.84 Å². The summed E-state index contributed by atoms with van der Waals surface area (Å²) in [6.07, 6.45) is 3.02. The Hall–Kier alpha value is -2.62. The van der Waals surface area contributed by atoms with E-state index in [1.807, 2.05) is 0 Å². The molecule has 0 aliphatic rings. The van der Waals surface area contributed by atoms with Gasteiger partial charge in [0, 0.05) is 5.56 Å². The Morgan fingerprint density at radius 2 is 2.00 bits per heavy atom. The quantitative estimate of drug-likeness (QED) is 0.688. The van der Waals surface area contributed by atoms with E-state index in [1.165, 1.54) is 37.5 Å². The molecule has 0 saturated heterocycles. The predicted molar refractivity (Wildman–Crippen MR) is 79.2 cm³/mol. The molecule has 0 fully saturated rings. The summed E-state index contributed by atoms with van der Waals surface area (Å²) >= 11 is 0. The van der Waals surface area contributed by atoms with Crippen molar-refractivity contribution in [3.05, 3.63) is 65.0 Å². The van der Waals surface area contributed by atoms with Gasteiger partial charge in [-0.1, -0.05) is 12.1 Å². The van der Waals surface area contributed by atoms with Crippen molar-refractivity contribution in [2.24, 2.45) is 0 Å². The van der Waals surface area contributed by atoms with Gasteiger partial charge in [0.05, 0.1) is 7.11 Å². The van der Waals surface area contributed by atoms with Crippen molar-refractivity contribution in [3.63, 3.8) is 0 Å². The van der Waals surface area contributed by atoms with Crippen LogP contribution in [0.4, 0.5) is 4.39 Å². The van der Waals surface area contributed by atoms with Crippen LogP contribution in [-0.2, 0) is 0 Å². The average molecular weight is 286 g/mol. The summed E-state index contributed by atoms with van der Waals surface area (Å²) in [7, 11) is 1.45. The number of hydrogen-bond donors (Lipinski definition) is 1. The van der Waals surface area contributed by atoms with Crippen LogP contribution in [0.25, 0.3) is 6.08 Å². The zero-order chi connectivity index (χ0) is 15.4. The highest BCUT2D eigenvalue weighted by molar-refractivity contribution is 6.06. The number of carbonyl (C=O) groups is 1. The molecule has 4 heteroatoms. The molecule has 0 aliphatic heterocycles. The van der Waals surface area contributed by atoms with Crippen LogP contribution in [0.3, 0.4) is 0 Å². The first-order valence-electron chi connectivity index (χ1n) is 6.37. The van der Waals surface area contributed by atoms with E-state index in [9.17, 15) is 14.3 Å². The second-order valence-corrected chi connectivity index (χ2v) is 4.59. The molecule has 2 aromatic rings. The summed E-state index contributed by atoms with van der Waals surface area (Å²) in [6.45, 7) is 1.61. The van der Waals surface area contributed by atoms with E-state index in [-0.39, 0.29) is 17.3 Å². The molecule has 0 spiro atoms. The van der Waals surface area contributed by atoms with Crippen molar-refractivity contribution in [1.82, 2.24) is 0 Å². The van der Waals surface area contributed by atoms with Gasteiger partial charge in [0.1, 0.15) is 5.82 Å². The number of carbonyl (C=O) groups excluding carboxylic acids is 1. The van der Waals surface area contributed by atoms with E-state index in [2.05, 4.69) is 0 Å². The van der Waals surface area contributed by atoms with Gasteiger partial charge in [-0.05, 0) is 54.5 Å². The van der Waals surface area contributed by atoms with Crippen LogP contribution in [0.2, 0.25) is 0 Å². The molecule has 0 amide bonds. The van der Waals surface area contributed by atoms with Crippen LogP contribution in [0.5, 0.6) is 11.5 Å². The third-order valence-electron chi connectivity index (χ3n) is 3.07. The highest BCUT2D eigenvalue weighted by Gasteiger charge is 2.05. The fourth-order valence-electron chi connectivity index (χ4n) is 1.86. The van der Waals surface area contributed by atoms with Crippen LogP contribution in [0.1, 0.15) is 21.5 Å². The molecule has 108 valence electrons. The number of ketones is 1. The fourth-order valence-corrected chi connectivity index (χ4v) is 1.86. The molecule has 0 radical (unpaired) electrons. The predicted octanol–water partition coefficient (Wildman–Crippen LogP) is 3.74. The largest absolute Gasteiger partial charge is 0.504 e. The first kappa shape index (κ1) is 14.8. The Labute approximate surface area is 122 Å². The molecule has 0 unspecified atom stereocenters. The Morgan fingerprint density at radius 3 is 2.67 bits per heavy atom. The molecule has 0 saturated carbocycles. The maximum absolute atomic E-state index is 13.2. The summed E-state index contributed by atoms with van der Waals surface area (Å²) in [4.78, 5) is 12.0. The van der Waals surface area contributed by atoms with Gasteiger partial charge in [-0.15, -0.1) is 0 Å². The molecule has 1 N–H and O–H groups in total. The molecular weight excluding hydrogens is 271 g/mol. The number of benzene rings is 2. The molecule has 0 aromatic heterocycles. The molecule has 21 heavy (non-hydrogen) atoms. The lowest BCUT2D eigenvalue weighted by Crippen LogP contribution is -1.96. The van der Waals surface area contributed by atoms with Crippen LogP contribution in [-0.4, -0.2) is 18.0 Å². The van der Waals surface area contributed by atoms with Gasteiger partial charge in [-0.25, -0.2) is 4.39 Å². The number of methoxy groups -OCH3 is 1. The molecular formula is C17H15FO3. The van der Waals surface area contributed by atoms with Crippen molar-refractivity contribution >= 4 is 11.9 Å². The van der Waals surface area contributed by atoms with Crippen LogP contribution >= 0.6 is 0 Å². The normalized spacial score (nSPS) is 10.8. The fraction of sp³-hybridized carbons (Fsp3) is 0.118. The van der Waals surface area contributed by atoms with Gasteiger partial charge in [-0.2, -0.15) is 0 Å². The minimum Gasteiger partial charge on any atom is -0.504 e. The topological polar surface area (TPSA) is 46.5 Å². The summed E-state index contributed by atoms with van der Waals surface area (Å²) in [5.41, 5.74) is 1.58. The molecule has 2 rings (SSSR count). The first-order chi connectivity index (χ1) is 10.0. The monoisotopic (exact) mass is 286 g/mol. The maximum atomic E-state index is 13.2. The lowest BCUT2D eigenvalue weighted by atomic mass is 10.1. The number of aromatic hydroxyl groups is 1. The van der Waals surface area contributed by atoms with E-state index in [0.717, 1.165) is 5.56 Å². The van der Waals surface area contributed by atoms with Crippen molar-refractivity contribution in [3.8, 4) is 11.5 Å². The summed E-state index contributed by atoms with van der Waals surface area (Å²) in [5.74, 6) is -0.179. The highest BCUT2D eigenvalue weighted by Crippen LogP contribution is 2.26. The first-order valence-corrected chi connectivity index (χ1v) is 6.37. The summed E-state index contributed by atoms with van der Waals surface area (Å²) in [5, 5.41) is 9.50. The van der Waals surface area contributed by atoms with E-state index in [0.29, 0.717) is 16.9 Å². The highest BCUT2D eigenvalue weighted by atomic mass is 19.1. The molecule has 0 aliphatic carbocycles. The number of halogens is 1. The lowest BCUT2D eigenvalue weighted by Gasteiger charge is -2.03. The zero-order valence-corrected chi connectivity index (χ0v) is 11.8. The lowest BCUT2D eigenvalue weighted by molar-refractivity contribution is 0.104. The van der Waals surface area contributed by atoms with Crippen molar-refractivity contribution in [1.29, 1.82) is 0 Å². The summed E-state index contributed by atoms with van der Waals surface area (Å²) < 4.78 is 18.2. The number of phenols is 1. The molecule has 3 nitrogen and oxygen atoms in total. The van der Waals surface area contributed by atoms with E-state index in [4.69, 9.17) is 4.74 Å². The number of hydrogen-bond acceptors (Lipinski definition) is 3. The van der Waals surface area contributed by atoms with E-state index >= 15 is 0 Å². The Morgan fingerprint density at radius 1 is 1.24 bits per heavy atom. The molecule has 2 aromatic carbocycles. The number of aryl methyl sites for hydroxylation is 1. The van der Waals surface area contributed by atoms with Crippen LogP contribution in [0.15, 0.2) is 42.5 Å². The van der Waals surface area contributed by atoms with E-state index in [1.54, 1.807) is 25.1 Å². The van der Waals surface area contributed by atoms with Crippen LogP contribution in [0, 0.1) is 12.7 Å². The number of ether oxygens (including phenoxy) is 1. The smallest absolute Gasteiger partial charge is 0.185 e. The minimum absolute atomic E-state index is 0.0372. The van der Waals surface area contributed by atoms with Gasteiger partial charge >= 0.3 is 0 Å². The number of rotatable bonds is 4. The third-order valence-corrected chi connectivity index (χ3v) is 3.07. The van der Waals surface area contributed by atoms with E-state index < -0.39 is 0 Å². The Bertz CT molecular complexity index is 705. The minimum atomic E-state index is -0.334. The van der Waals surface area contributed by atoms with Gasteiger partial charge in [0.15, 0.2) is 17.3 Å². The van der Waals surface area contributed by atoms with Crippen molar-refractivity contribution in [2.45, 2.75) is 6.92 Å². The average Bonchev–Trinajstić information content (AvgIpc) is 2.48. The van der Waals surface area contributed by atoms with Gasteiger partial charge in [-0.3, -0.25) is 4.79 Å². The second-order valence-electron chi connectivity index (χ2n) is 4.59. The Balaban J connectivity index is 2.20. The molecule has 0 heterocycles. The van der Waals surface area contributed by atoms with Crippen LogP contribution < -0.4 is 4.74 Å². The number of allylic oxidation sites excluding steroid dienone is 1. The van der Waals surface area contributed by atoms with Crippen molar-refractivity contribution < 1.29 is 19.0 Å². The SMILES string of the molecule is COc1cc(/C=C/C(=O)c2ccc(F)c(C)c2)ccc1O. The van der Waals surface area contributed by atoms with Crippen molar-refractivity contribution in [2.75, 3.05) is 7.11 Å².